The first-order chi connectivity index (χ1) is 13.5. The van der Waals surface area contributed by atoms with Gasteiger partial charge in [0.25, 0.3) is 0 Å². The molecular weight excluding hydrogens is 358 g/mol. The Hall–Kier alpha value is -2.77. The number of unbranched alkanes of at least 4 members (excludes halogenated alkanes) is 1. The van der Waals surface area contributed by atoms with Gasteiger partial charge in [0.2, 0.25) is 5.91 Å². The Bertz CT molecular complexity index is 732. The van der Waals surface area contributed by atoms with Crippen molar-refractivity contribution >= 4 is 23.7 Å². The minimum atomic E-state index is -0.644. The number of carbonyl (C=O) groups excluding carboxylic acids is 3. The lowest BCUT2D eigenvalue weighted by Crippen LogP contribution is -2.72. The minimum absolute atomic E-state index is 0.368. The number of nitrogens with zero attached hydrogens (tertiary/aromatic N) is 2. The molecule has 5 amide bonds. The van der Waals surface area contributed by atoms with Crippen molar-refractivity contribution in [1.29, 1.82) is 0 Å². The Morgan fingerprint density at radius 1 is 1.00 bits per heavy atom. The van der Waals surface area contributed by atoms with E-state index in [2.05, 4.69) is 34.7 Å². The molecule has 0 radical (unpaired) electrons. The van der Waals surface area contributed by atoms with Gasteiger partial charge in [-0.15, -0.1) is 0 Å². The third-order valence-electron chi connectivity index (χ3n) is 5.53. The van der Waals surface area contributed by atoms with Gasteiger partial charge < -0.3 is 20.4 Å². The van der Waals surface area contributed by atoms with Gasteiger partial charge in [0.05, 0.1) is 6.04 Å². The van der Waals surface area contributed by atoms with E-state index in [-0.39, 0.29) is 11.9 Å². The first kappa shape index (κ1) is 20.0. The SMILES string of the molecule is CCCCN1C(=O)NC(=O)C2C(c3ccc(N(CC)CC)cc3)NC(=O)NC21. The van der Waals surface area contributed by atoms with Crippen LogP contribution in [0.25, 0.3) is 0 Å². The van der Waals surface area contributed by atoms with E-state index in [1.807, 2.05) is 31.2 Å². The van der Waals surface area contributed by atoms with E-state index < -0.39 is 24.2 Å². The maximum Gasteiger partial charge on any atom is 0.325 e. The number of fused-ring (bicyclic) bond motifs is 1. The summed E-state index contributed by atoms with van der Waals surface area (Å²) in [4.78, 5) is 41.1. The van der Waals surface area contributed by atoms with Gasteiger partial charge in [0, 0.05) is 25.3 Å². The zero-order valence-electron chi connectivity index (χ0n) is 16.7. The van der Waals surface area contributed by atoms with Crippen molar-refractivity contribution in [3.8, 4) is 0 Å². The summed E-state index contributed by atoms with van der Waals surface area (Å²) < 4.78 is 0. The van der Waals surface area contributed by atoms with Crippen LogP contribution in [-0.2, 0) is 4.79 Å². The van der Waals surface area contributed by atoms with Crippen molar-refractivity contribution in [2.24, 2.45) is 5.92 Å². The quantitative estimate of drug-likeness (QED) is 0.668. The number of urea groups is 2. The zero-order chi connectivity index (χ0) is 20.3. The van der Waals surface area contributed by atoms with E-state index in [4.69, 9.17) is 0 Å². The first-order valence-electron chi connectivity index (χ1n) is 10.0. The van der Waals surface area contributed by atoms with Crippen molar-refractivity contribution in [1.82, 2.24) is 20.9 Å². The number of hydrogen-bond acceptors (Lipinski definition) is 4. The van der Waals surface area contributed by atoms with Crippen LogP contribution in [0.4, 0.5) is 15.3 Å². The van der Waals surface area contributed by atoms with Crippen LogP contribution in [0.1, 0.15) is 45.2 Å². The number of carbonyl (C=O) groups is 3. The van der Waals surface area contributed by atoms with Gasteiger partial charge in [0.15, 0.2) is 0 Å². The number of anilines is 1. The monoisotopic (exact) mass is 387 g/mol. The van der Waals surface area contributed by atoms with Crippen LogP contribution in [-0.4, -0.2) is 48.7 Å². The fourth-order valence-electron chi connectivity index (χ4n) is 3.97. The smallest absolute Gasteiger partial charge is 0.325 e. The molecule has 3 atom stereocenters. The third kappa shape index (κ3) is 3.76. The van der Waals surface area contributed by atoms with Crippen molar-refractivity contribution in [2.45, 2.75) is 45.8 Å². The van der Waals surface area contributed by atoms with E-state index in [9.17, 15) is 14.4 Å². The molecule has 8 nitrogen and oxygen atoms in total. The van der Waals surface area contributed by atoms with Gasteiger partial charge in [0.1, 0.15) is 12.1 Å². The Labute approximate surface area is 165 Å². The Morgan fingerprint density at radius 3 is 2.29 bits per heavy atom. The lowest BCUT2D eigenvalue weighted by Gasteiger charge is -2.46. The van der Waals surface area contributed by atoms with Crippen LogP contribution in [0.2, 0.25) is 0 Å². The van der Waals surface area contributed by atoms with Crippen LogP contribution in [0.5, 0.6) is 0 Å². The van der Waals surface area contributed by atoms with Crippen molar-refractivity contribution in [3.05, 3.63) is 29.8 Å². The summed E-state index contributed by atoms with van der Waals surface area (Å²) in [7, 11) is 0. The summed E-state index contributed by atoms with van der Waals surface area (Å²) in [5.41, 5.74) is 1.94. The molecule has 0 saturated carbocycles. The average Bonchev–Trinajstić information content (AvgIpc) is 2.68. The number of rotatable bonds is 7. The molecule has 2 saturated heterocycles. The summed E-state index contributed by atoms with van der Waals surface area (Å²) in [6.45, 7) is 8.53. The van der Waals surface area contributed by atoms with Crippen molar-refractivity contribution in [3.63, 3.8) is 0 Å². The van der Waals surface area contributed by atoms with Crippen LogP contribution in [0, 0.1) is 5.92 Å². The zero-order valence-corrected chi connectivity index (χ0v) is 16.7. The highest BCUT2D eigenvalue weighted by Crippen LogP contribution is 2.33. The molecule has 3 unspecified atom stereocenters. The lowest BCUT2D eigenvalue weighted by atomic mass is 9.86. The molecule has 3 rings (SSSR count). The largest absolute Gasteiger partial charge is 0.372 e. The minimum Gasteiger partial charge on any atom is -0.372 e. The molecule has 2 aliphatic heterocycles. The van der Waals surface area contributed by atoms with Gasteiger partial charge >= 0.3 is 12.1 Å². The molecule has 2 aliphatic rings. The second kappa shape index (κ2) is 8.50. The third-order valence-corrected chi connectivity index (χ3v) is 5.53. The average molecular weight is 387 g/mol. The van der Waals surface area contributed by atoms with E-state index in [0.29, 0.717) is 6.54 Å². The van der Waals surface area contributed by atoms with Crippen LogP contribution < -0.4 is 20.9 Å². The van der Waals surface area contributed by atoms with E-state index in [0.717, 1.165) is 37.2 Å². The second-order valence-corrected chi connectivity index (χ2v) is 7.17. The topological polar surface area (TPSA) is 93.8 Å². The van der Waals surface area contributed by atoms with E-state index in [1.165, 1.54) is 0 Å². The Morgan fingerprint density at radius 2 is 1.68 bits per heavy atom. The van der Waals surface area contributed by atoms with E-state index >= 15 is 0 Å². The van der Waals surface area contributed by atoms with Crippen molar-refractivity contribution < 1.29 is 14.4 Å². The molecule has 2 heterocycles. The lowest BCUT2D eigenvalue weighted by molar-refractivity contribution is -0.130. The number of nitrogens with one attached hydrogen (secondary N) is 3. The van der Waals surface area contributed by atoms with Crippen LogP contribution in [0.15, 0.2) is 24.3 Å². The van der Waals surface area contributed by atoms with Crippen LogP contribution >= 0.6 is 0 Å². The maximum absolute atomic E-state index is 12.7. The molecular formula is C20H29N5O3. The summed E-state index contributed by atoms with van der Waals surface area (Å²) in [6, 6.07) is 6.59. The van der Waals surface area contributed by atoms with Gasteiger partial charge in [-0.05, 0) is 38.0 Å². The molecule has 152 valence electrons. The maximum atomic E-state index is 12.7. The highest BCUT2D eigenvalue weighted by atomic mass is 16.2. The highest BCUT2D eigenvalue weighted by Gasteiger charge is 2.49. The molecule has 1 aromatic carbocycles. The van der Waals surface area contributed by atoms with Gasteiger partial charge in [-0.3, -0.25) is 10.1 Å². The van der Waals surface area contributed by atoms with Gasteiger partial charge in [-0.1, -0.05) is 25.5 Å². The summed E-state index contributed by atoms with van der Waals surface area (Å²) in [6.07, 6.45) is 1.07. The van der Waals surface area contributed by atoms with E-state index in [1.54, 1.807) is 4.90 Å². The molecule has 0 bridgehead atoms. The molecule has 0 aromatic heterocycles. The number of benzene rings is 1. The molecule has 8 heteroatoms. The number of amides is 5. The number of imide groups is 1. The predicted octanol–water partition coefficient (Wildman–Crippen LogP) is 2.18. The normalized spacial score (nSPS) is 24.2. The Kier molecular flexibility index (Phi) is 6.06. The number of hydrogen-bond donors (Lipinski definition) is 3. The first-order valence-corrected chi connectivity index (χ1v) is 10.0. The summed E-state index contributed by atoms with van der Waals surface area (Å²) >= 11 is 0. The van der Waals surface area contributed by atoms with Crippen LogP contribution in [0.3, 0.4) is 0 Å². The molecule has 28 heavy (non-hydrogen) atoms. The fraction of sp³-hybridized carbons (Fsp3) is 0.550. The summed E-state index contributed by atoms with van der Waals surface area (Å²) in [5.74, 6) is -0.959. The Balaban J connectivity index is 1.89. The molecule has 1 aromatic rings. The molecule has 2 fully saturated rings. The predicted molar refractivity (Wildman–Crippen MR) is 107 cm³/mol. The van der Waals surface area contributed by atoms with Gasteiger partial charge in [-0.25, -0.2) is 9.59 Å². The van der Waals surface area contributed by atoms with Crippen molar-refractivity contribution in [2.75, 3.05) is 24.5 Å². The molecule has 3 N–H and O–H groups in total. The standard InChI is InChI=1S/C20H29N5O3/c1-4-7-12-25-17-15(18(26)23-20(25)28)16(21-19(27)22-17)13-8-10-14(11-9-13)24(5-2)6-3/h8-11,15-17H,4-7,12H2,1-3H3,(H2,21,22,27)(H,23,26,28). The molecule has 0 aliphatic carbocycles. The summed E-state index contributed by atoms with van der Waals surface area (Å²) in [5, 5.41) is 8.09. The highest BCUT2D eigenvalue weighted by molar-refractivity contribution is 6.00. The molecule has 0 spiro atoms. The fourth-order valence-corrected chi connectivity index (χ4v) is 3.97. The second-order valence-electron chi connectivity index (χ2n) is 7.17. The van der Waals surface area contributed by atoms with Gasteiger partial charge in [-0.2, -0.15) is 0 Å².